The van der Waals surface area contributed by atoms with Crippen molar-refractivity contribution in [1.29, 1.82) is 0 Å². The van der Waals surface area contributed by atoms with Crippen molar-refractivity contribution in [1.82, 2.24) is 19.7 Å². The van der Waals surface area contributed by atoms with E-state index < -0.39 is 5.82 Å². The topological polar surface area (TPSA) is 55.2 Å². The second-order valence-electron chi connectivity index (χ2n) is 7.92. The summed E-state index contributed by atoms with van der Waals surface area (Å²) in [5.74, 6) is 0.876. The number of unbranched alkanes of at least 4 members (excludes halogenated alkanes) is 1. The molecule has 168 valence electrons. The second-order valence-corrected chi connectivity index (χ2v) is 9.19. The minimum absolute atomic E-state index is 0.0435. The standard InChI is InChI=1S/C23H24BrClFN5O/c1-30(2)8-4-5-9-32-21-11-15-19(12-16(21)24)31(3)20-13-27-29-23(22(15)20)28-14-6-7-18(26)17(25)10-14/h6-7,10-13H,4-5,8-9H2,1-3H3,(H,28,29). The molecule has 0 unspecified atom stereocenters. The van der Waals surface area contributed by atoms with Gasteiger partial charge in [0.1, 0.15) is 11.6 Å². The van der Waals surface area contributed by atoms with Crippen molar-refractivity contribution in [3.05, 3.63) is 51.8 Å². The number of hydrogen-bond donors (Lipinski definition) is 1. The second kappa shape index (κ2) is 9.60. The van der Waals surface area contributed by atoms with E-state index in [1.807, 2.05) is 19.2 Å². The highest BCUT2D eigenvalue weighted by molar-refractivity contribution is 9.10. The predicted molar refractivity (Wildman–Crippen MR) is 132 cm³/mol. The van der Waals surface area contributed by atoms with Gasteiger partial charge < -0.3 is 19.5 Å². The van der Waals surface area contributed by atoms with Crippen molar-refractivity contribution in [2.75, 3.05) is 32.6 Å². The van der Waals surface area contributed by atoms with Crippen molar-refractivity contribution in [2.24, 2.45) is 7.05 Å². The van der Waals surface area contributed by atoms with E-state index in [0.717, 1.165) is 51.4 Å². The quantitative estimate of drug-likeness (QED) is 0.283. The van der Waals surface area contributed by atoms with Crippen LogP contribution in [0.15, 0.2) is 41.0 Å². The van der Waals surface area contributed by atoms with E-state index in [1.54, 1.807) is 12.3 Å². The van der Waals surface area contributed by atoms with E-state index in [-0.39, 0.29) is 5.02 Å². The lowest BCUT2D eigenvalue weighted by molar-refractivity contribution is 0.292. The number of nitrogens with zero attached hydrogens (tertiary/aromatic N) is 4. The van der Waals surface area contributed by atoms with Crippen LogP contribution in [0.4, 0.5) is 15.9 Å². The molecule has 0 saturated carbocycles. The summed E-state index contributed by atoms with van der Waals surface area (Å²) in [7, 11) is 6.12. The Morgan fingerprint density at radius 2 is 2.00 bits per heavy atom. The third-order valence-electron chi connectivity index (χ3n) is 5.31. The average Bonchev–Trinajstić information content (AvgIpc) is 3.03. The van der Waals surface area contributed by atoms with Crippen LogP contribution in [0.25, 0.3) is 21.8 Å². The van der Waals surface area contributed by atoms with E-state index in [0.29, 0.717) is 18.1 Å². The van der Waals surface area contributed by atoms with Gasteiger partial charge in [-0.15, -0.1) is 5.10 Å². The number of rotatable bonds is 8. The zero-order valence-corrected chi connectivity index (χ0v) is 20.5. The van der Waals surface area contributed by atoms with Crippen LogP contribution in [0.2, 0.25) is 5.02 Å². The van der Waals surface area contributed by atoms with Crippen LogP contribution < -0.4 is 10.1 Å². The van der Waals surface area contributed by atoms with Crippen LogP contribution in [0.1, 0.15) is 12.8 Å². The SMILES string of the molecule is CN(C)CCCCOc1cc2c3c(Nc4ccc(F)c(Cl)c4)nncc3n(C)c2cc1Br. The molecule has 4 aromatic rings. The summed E-state index contributed by atoms with van der Waals surface area (Å²) < 4.78 is 22.6. The van der Waals surface area contributed by atoms with Gasteiger partial charge in [0.25, 0.3) is 0 Å². The van der Waals surface area contributed by atoms with Gasteiger partial charge in [-0.05, 0) is 79.7 Å². The Kier molecular flexibility index (Phi) is 6.83. The predicted octanol–water partition coefficient (Wildman–Crippen LogP) is 6.14. The molecule has 0 aliphatic carbocycles. The van der Waals surface area contributed by atoms with Crippen LogP contribution >= 0.6 is 27.5 Å². The summed E-state index contributed by atoms with van der Waals surface area (Å²) in [5, 5.41) is 13.6. The van der Waals surface area contributed by atoms with Crippen molar-refractivity contribution >= 4 is 60.8 Å². The Bertz CT molecular complexity index is 1280. The van der Waals surface area contributed by atoms with Gasteiger partial charge in [0, 0.05) is 18.1 Å². The molecule has 0 radical (unpaired) electrons. The first-order chi connectivity index (χ1) is 15.3. The number of aryl methyl sites for hydroxylation is 1. The Labute approximate surface area is 199 Å². The van der Waals surface area contributed by atoms with Crippen LogP contribution in [-0.2, 0) is 7.05 Å². The fourth-order valence-corrected chi connectivity index (χ4v) is 4.29. The van der Waals surface area contributed by atoms with Crippen molar-refractivity contribution < 1.29 is 9.13 Å². The third-order valence-corrected chi connectivity index (χ3v) is 6.22. The molecule has 2 aromatic heterocycles. The zero-order valence-electron chi connectivity index (χ0n) is 18.1. The number of ether oxygens (including phenoxy) is 1. The van der Waals surface area contributed by atoms with E-state index in [1.165, 1.54) is 12.1 Å². The molecule has 6 nitrogen and oxygen atoms in total. The molecule has 2 heterocycles. The first-order valence-corrected chi connectivity index (χ1v) is 11.4. The minimum Gasteiger partial charge on any atom is -0.492 e. The molecule has 1 N–H and O–H groups in total. The molecule has 0 fully saturated rings. The van der Waals surface area contributed by atoms with E-state index in [4.69, 9.17) is 16.3 Å². The molecule has 0 aliphatic rings. The lowest BCUT2D eigenvalue weighted by Gasteiger charge is -2.11. The molecule has 0 aliphatic heterocycles. The smallest absolute Gasteiger partial charge is 0.163 e. The van der Waals surface area contributed by atoms with Crippen molar-refractivity contribution in [3.63, 3.8) is 0 Å². The first kappa shape index (κ1) is 22.8. The van der Waals surface area contributed by atoms with Gasteiger partial charge in [0.2, 0.25) is 0 Å². The summed E-state index contributed by atoms with van der Waals surface area (Å²) in [6.45, 7) is 1.68. The van der Waals surface area contributed by atoms with Gasteiger partial charge in [-0.2, -0.15) is 5.10 Å². The van der Waals surface area contributed by atoms with Gasteiger partial charge in [-0.3, -0.25) is 0 Å². The number of aromatic nitrogens is 3. The Balaban J connectivity index is 1.70. The molecule has 4 rings (SSSR count). The van der Waals surface area contributed by atoms with Gasteiger partial charge in [-0.1, -0.05) is 11.6 Å². The van der Waals surface area contributed by atoms with Gasteiger partial charge >= 0.3 is 0 Å². The number of halogens is 3. The Morgan fingerprint density at radius 1 is 1.19 bits per heavy atom. The summed E-state index contributed by atoms with van der Waals surface area (Å²) in [5.41, 5.74) is 2.56. The first-order valence-electron chi connectivity index (χ1n) is 10.3. The Morgan fingerprint density at radius 3 is 2.75 bits per heavy atom. The maximum Gasteiger partial charge on any atom is 0.163 e. The van der Waals surface area contributed by atoms with Gasteiger partial charge in [0.15, 0.2) is 5.82 Å². The maximum absolute atomic E-state index is 13.6. The molecule has 0 bridgehead atoms. The fraction of sp³-hybridized carbons (Fsp3) is 0.304. The normalized spacial score (nSPS) is 11.6. The molecular formula is C23H24BrClFN5O. The van der Waals surface area contributed by atoms with Crippen molar-refractivity contribution in [2.45, 2.75) is 12.8 Å². The summed E-state index contributed by atoms with van der Waals surface area (Å²) >= 11 is 9.59. The van der Waals surface area contributed by atoms with Crippen LogP contribution in [0, 0.1) is 5.82 Å². The monoisotopic (exact) mass is 519 g/mol. The Hall–Kier alpha value is -2.42. The number of nitrogens with one attached hydrogen (secondary N) is 1. The number of benzene rings is 2. The highest BCUT2D eigenvalue weighted by Gasteiger charge is 2.17. The molecule has 9 heteroatoms. The van der Waals surface area contributed by atoms with Crippen molar-refractivity contribution in [3.8, 4) is 5.75 Å². The molecule has 0 saturated heterocycles. The molecule has 2 aromatic carbocycles. The molecule has 0 atom stereocenters. The molecule has 32 heavy (non-hydrogen) atoms. The average molecular weight is 521 g/mol. The third kappa shape index (κ3) is 4.67. The number of anilines is 2. The number of hydrogen-bond acceptors (Lipinski definition) is 5. The maximum atomic E-state index is 13.6. The van der Waals surface area contributed by atoms with E-state index >= 15 is 0 Å². The van der Waals surface area contributed by atoms with E-state index in [2.05, 4.69) is 55.0 Å². The number of fused-ring (bicyclic) bond motifs is 3. The molecule has 0 amide bonds. The van der Waals surface area contributed by atoms with Crippen LogP contribution in [-0.4, -0.2) is 46.9 Å². The van der Waals surface area contributed by atoms with Gasteiger partial charge in [0.05, 0.1) is 38.7 Å². The fourth-order valence-electron chi connectivity index (χ4n) is 3.67. The largest absolute Gasteiger partial charge is 0.492 e. The zero-order chi connectivity index (χ0) is 22.8. The summed E-state index contributed by atoms with van der Waals surface area (Å²) in [6.07, 6.45) is 3.78. The lowest BCUT2D eigenvalue weighted by atomic mass is 10.1. The lowest BCUT2D eigenvalue weighted by Crippen LogP contribution is -2.13. The summed E-state index contributed by atoms with van der Waals surface area (Å²) in [6, 6.07) is 8.54. The molecule has 0 spiro atoms. The highest BCUT2D eigenvalue weighted by atomic mass is 79.9. The minimum atomic E-state index is -0.469. The van der Waals surface area contributed by atoms with E-state index in [9.17, 15) is 4.39 Å². The van der Waals surface area contributed by atoms with Crippen LogP contribution in [0.3, 0.4) is 0 Å². The molecular weight excluding hydrogens is 497 g/mol. The van der Waals surface area contributed by atoms with Crippen LogP contribution in [0.5, 0.6) is 5.75 Å². The highest BCUT2D eigenvalue weighted by Crippen LogP contribution is 2.38. The van der Waals surface area contributed by atoms with Gasteiger partial charge in [-0.25, -0.2) is 4.39 Å². The summed E-state index contributed by atoms with van der Waals surface area (Å²) in [4.78, 5) is 2.17.